The number of aromatic nitrogens is 1. The number of benzene rings is 6. The fraction of sp³-hybridized carbons (Fsp3) is 0. The Morgan fingerprint density at radius 2 is 1.10 bits per heavy atom. The first-order valence-corrected chi connectivity index (χ1v) is 14.1. The number of hydrogen-bond donors (Lipinski definition) is 0. The molecule has 198 valence electrons. The molecule has 8 rings (SSSR count). The minimum atomic E-state index is 0.753. The van der Waals surface area contributed by atoms with Crippen LogP contribution in [0.15, 0.2) is 162 Å². The van der Waals surface area contributed by atoms with E-state index in [0.29, 0.717) is 0 Å². The van der Waals surface area contributed by atoms with Crippen LogP contribution in [0.3, 0.4) is 0 Å². The van der Waals surface area contributed by atoms with Crippen molar-refractivity contribution in [1.82, 2.24) is 4.98 Å². The first-order valence-electron chi connectivity index (χ1n) is 14.1. The second-order valence-electron chi connectivity index (χ2n) is 10.4. The minimum absolute atomic E-state index is 0.753. The topological polar surface area (TPSA) is 29.3 Å². The number of anilines is 3. The van der Waals surface area contributed by atoms with Gasteiger partial charge in [-0.1, -0.05) is 121 Å². The molecule has 0 saturated carbocycles. The molecule has 0 aliphatic heterocycles. The number of furan rings is 1. The number of rotatable bonds is 5. The largest absolute Gasteiger partial charge is 0.451 e. The van der Waals surface area contributed by atoms with Gasteiger partial charge in [-0.25, -0.2) is 4.98 Å². The van der Waals surface area contributed by atoms with Gasteiger partial charge < -0.3 is 4.42 Å². The van der Waals surface area contributed by atoms with Gasteiger partial charge in [-0.05, 0) is 52.4 Å². The lowest BCUT2D eigenvalue weighted by atomic mass is 10.0. The van der Waals surface area contributed by atoms with Crippen molar-refractivity contribution in [2.75, 3.05) is 4.90 Å². The van der Waals surface area contributed by atoms with Crippen LogP contribution < -0.4 is 4.90 Å². The monoisotopic (exact) mass is 538 g/mol. The van der Waals surface area contributed by atoms with E-state index in [-0.39, 0.29) is 0 Å². The van der Waals surface area contributed by atoms with Crippen molar-refractivity contribution in [3.8, 4) is 22.3 Å². The van der Waals surface area contributed by atoms with E-state index in [9.17, 15) is 0 Å². The maximum absolute atomic E-state index is 6.76. The lowest BCUT2D eigenvalue weighted by Gasteiger charge is -2.27. The highest BCUT2D eigenvalue weighted by Crippen LogP contribution is 2.45. The Hall–Kier alpha value is -5.67. The Balaban J connectivity index is 1.39. The molecule has 6 aromatic carbocycles. The summed E-state index contributed by atoms with van der Waals surface area (Å²) in [5.41, 5.74) is 8.28. The van der Waals surface area contributed by atoms with Crippen LogP contribution in [0.1, 0.15) is 0 Å². The fourth-order valence-electron chi connectivity index (χ4n) is 5.92. The number of pyridine rings is 1. The van der Waals surface area contributed by atoms with Gasteiger partial charge in [0.15, 0.2) is 11.4 Å². The van der Waals surface area contributed by atoms with Gasteiger partial charge >= 0.3 is 0 Å². The van der Waals surface area contributed by atoms with Crippen molar-refractivity contribution in [2.45, 2.75) is 0 Å². The molecule has 0 N–H and O–H groups in total. The summed E-state index contributed by atoms with van der Waals surface area (Å²) in [7, 11) is 0. The number of nitrogens with zero attached hydrogens (tertiary/aromatic N) is 2. The van der Waals surface area contributed by atoms with Gasteiger partial charge in [-0.3, -0.25) is 4.90 Å². The van der Waals surface area contributed by atoms with Crippen LogP contribution >= 0.6 is 0 Å². The zero-order chi connectivity index (χ0) is 27.9. The molecule has 0 bridgehead atoms. The zero-order valence-corrected chi connectivity index (χ0v) is 22.8. The van der Waals surface area contributed by atoms with E-state index in [1.165, 1.54) is 5.56 Å². The summed E-state index contributed by atoms with van der Waals surface area (Å²) in [5, 5.41) is 4.38. The lowest BCUT2D eigenvalue weighted by molar-refractivity contribution is 0.671. The molecule has 0 unspecified atom stereocenters. The summed E-state index contributed by atoms with van der Waals surface area (Å²) in [6, 6.07) is 52.9. The van der Waals surface area contributed by atoms with Crippen molar-refractivity contribution >= 4 is 49.9 Å². The van der Waals surface area contributed by atoms with Crippen molar-refractivity contribution in [2.24, 2.45) is 0 Å². The highest BCUT2D eigenvalue weighted by Gasteiger charge is 2.23. The Labute approximate surface area is 243 Å². The van der Waals surface area contributed by atoms with Gasteiger partial charge in [0.2, 0.25) is 0 Å². The van der Waals surface area contributed by atoms with Gasteiger partial charge in [0.05, 0.1) is 5.69 Å². The lowest BCUT2D eigenvalue weighted by Crippen LogP contribution is -2.13. The van der Waals surface area contributed by atoms with E-state index in [1.54, 1.807) is 0 Å². The van der Waals surface area contributed by atoms with Crippen molar-refractivity contribution in [3.63, 3.8) is 0 Å². The molecule has 0 fully saturated rings. The van der Waals surface area contributed by atoms with E-state index >= 15 is 0 Å². The van der Waals surface area contributed by atoms with Crippen LogP contribution in [-0.4, -0.2) is 4.98 Å². The average Bonchev–Trinajstić information content (AvgIpc) is 3.46. The third-order valence-corrected chi connectivity index (χ3v) is 7.93. The van der Waals surface area contributed by atoms with E-state index in [1.807, 2.05) is 18.3 Å². The second kappa shape index (κ2) is 10.1. The average molecular weight is 539 g/mol. The minimum Gasteiger partial charge on any atom is -0.451 e. The van der Waals surface area contributed by atoms with Crippen molar-refractivity contribution in [3.05, 3.63) is 158 Å². The van der Waals surface area contributed by atoms with Crippen LogP contribution in [0.2, 0.25) is 0 Å². The quantitative estimate of drug-likeness (QED) is 0.218. The third-order valence-electron chi connectivity index (χ3n) is 7.93. The molecule has 0 saturated heterocycles. The molecule has 0 spiro atoms. The van der Waals surface area contributed by atoms with E-state index in [4.69, 9.17) is 9.40 Å². The van der Waals surface area contributed by atoms with Gasteiger partial charge in [-0.15, -0.1) is 0 Å². The van der Waals surface area contributed by atoms with Crippen LogP contribution in [0.4, 0.5) is 17.2 Å². The molecule has 2 aromatic heterocycles. The number of fused-ring (bicyclic) bond motifs is 5. The van der Waals surface area contributed by atoms with E-state index < -0.39 is 0 Å². The van der Waals surface area contributed by atoms with Gasteiger partial charge in [-0.2, -0.15) is 0 Å². The van der Waals surface area contributed by atoms with E-state index in [2.05, 4.69) is 144 Å². The molecule has 0 aliphatic carbocycles. The predicted molar refractivity (Wildman–Crippen MR) is 175 cm³/mol. The Bertz CT molecular complexity index is 2180. The van der Waals surface area contributed by atoms with Crippen molar-refractivity contribution in [1.29, 1.82) is 0 Å². The summed E-state index contributed by atoms with van der Waals surface area (Å²) >= 11 is 0. The molecule has 3 nitrogen and oxygen atoms in total. The molecular formula is C39H26N2O. The third kappa shape index (κ3) is 4.03. The Morgan fingerprint density at radius 1 is 0.452 bits per heavy atom. The molecule has 3 heteroatoms. The van der Waals surface area contributed by atoms with Crippen LogP contribution in [-0.2, 0) is 0 Å². The predicted octanol–water partition coefficient (Wildman–Crippen LogP) is 10.9. The Morgan fingerprint density at radius 3 is 1.90 bits per heavy atom. The summed E-state index contributed by atoms with van der Waals surface area (Å²) in [6.45, 7) is 0. The molecule has 0 aliphatic rings. The zero-order valence-electron chi connectivity index (χ0n) is 22.8. The van der Waals surface area contributed by atoms with Crippen LogP contribution in [0.25, 0.3) is 55.0 Å². The molecular weight excluding hydrogens is 512 g/mol. The SMILES string of the molecule is c1ccc(-c2ccc(N(c3ccccc3-c3ccccc3)c3nccc4c3oc3c5ccccc5ccc43)cc2)cc1. The number of hydrogen-bond acceptors (Lipinski definition) is 3. The van der Waals surface area contributed by atoms with Crippen LogP contribution in [0, 0.1) is 0 Å². The molecule has 0 amide bonds. The fourth-order valence-corrected chi connectivity index (χ4v) is 5.92. The van der Waals surface area contributed by atoms with Gasteiger partial charge in [0.1, 0.15) is 5.58 Å². The van der Waals surface area contributed by atoms with Gasteiger partial charge in [0.25, 0.3) is 0 Å². The maximum atomic E-state index is 6.76. The second-order valence-corrected chi connectivity index (χ2v) is 10.4. The molecule has 2 heterocycles. The molecule has 8 aromatic rings. The maximum Gasteiger partial charge on any atom is 0.181 e. The summed E-state index contributed by atoms with van der Waals surface area (Å²) in [5.74, 6) is 0.753. The first-order chi connectivity index (χ1) is 20.8. The number of para-hydroxylation sites is 1. The summed E-state index contributed by atoms with van der Waals surface area (Å²) in [6.07, 6.45) is 1.89. The molecule has 0 radical (unpaired) electrons. The molecule has 42 heavy (non-hydrogen) atoms. The van der Waals surface area contributed by atoms with Gasteiger partial charge in [0, 0.05) is 33.6 Å². The smallest absolute Gasteiger partial charge is 0.181 e. The standard InChI is InChI=1S/C39H26N2O/c1-3-11-27(12-4-1)28-19-22-31(23-20-28)41(36-18-10-9-16-32(36)29-13-5-2-6-14-29)39-38-35(25-26-40-39)34-24-21-30-15-7-8-17-33(30)37(34)42-38/h1-26H. The summed E-state index contributed by atoms with van der Waals surface area (Å²) in [4.78, 5) is 7.21. The Kier molecular flexibility index (Phi) is 5.79. The van der Waals surface area contributed by atoms with Crippen molar-refractivity contribution < 1.29 is 4.42 Å². The van der Waals surface area contributed by atoms with E-state index in [0.717, 1.165) is 66.6 Å². The highest BCUT2D eigenvalue weighted by molar-refractivity contribution is 6.17. The summed E-state index contributed by atoms with van der Waals surface area (Å²) < 4.78 is 6.76. The highest BCUT2D eigenvalue weighted by atomic mass is 16.3. The normalized spacial score (nSPS) is 11.3. The van der Waals surface area contributed by atoms with Crippen LogP contribution in [0.5, 0.6) is 0 Å². The first kappa shape index (κ1) is 24.2. The molecule has 0 atom stereocenters.